The monoisotopic (exact) mass is 447 g/mol. The van der Waals surface area contributed by atoms with Crippen molar-refractivity contribution in [3.63, 3.8) is 0 Å². The molecule has 5 rings (SSSR count). The normalized spacial score (nSPS) is 11.4. The minimum absolute atomic E-state index is 0.0152. The third-order valence-electron chi connectivity index (χ3n) is 5.10. The Morgan fingerprint density at radius 2 is 1.84 bits per heavy atom. The van der Waals surface area contributed by atoms with Crippen LogP contribution in [-0.2, 0) is 17.9 Å². The van der Waals surface area contributed by atoms with Crippen LogP contribution in [0.1, 0.15) is 16.0 Å². The summed E-state index contributed by atoms with van der Waals surface area (Å²) in [5, 5.41) is 14.5. The second-order valence-corrected chi connectivity index (χ2v) is 9.30. The molecule has 1 amide bonds. The number of thiophene rings is 1. The topological polar surface area (TPSA) is 64.2 Å². The first-order valence-corrected chi connectivity index (χ1v) is 11.9. The summed E-state index contributed by atoms with van der Waals surface area (Å²) in [6.45, 7) is 3.36. The van der Waals surface area contributed by atoms with Gasteiger partial charge in [-0.2, -0.15) is 0 Å². The number of amides is 1. The van der Waals surface area contributed by atoms with Crippen LogP contribution in [0.2, 0.25) is 0 Å². The van der Waals surface area contributed by atoms with Crippen LogP contribution < -0.4 is 5.32 Å². The van der Waals surface area contributed by atoms with E-state index in [0.29, 0.717) is 18.8 Å². The molecule has 0 spiro atoms. The van der Waals surface area contributed by atoms with E-state index in [-0.39, 0.29) is 5.91 Å². The second kappa shape index (κ2) is 8.56. The molecule has 1 N–H and O–H groups in total. The minimum Gasteiger partial charge on any atom is -0.350 e. The minimum atomic E-state index is -0.0152. The lowest BCUT2D eigenvalue weighted by Crippen LogP contribution is -2.24. The first-order valence-electron chi connectivity index (χ1n) is 9.99. The molecule has 3 heterocycles. The van der Waals surface area contributed by atoms with Gasteiger partial charge in [0.05, 0.1) is 29.9 Å². The number of benzene rings is 2. The first kappa shape index (κ1) is 19.8. The lowest BCUT2D eigenvalue weighted by Gasteiger charge is -2.05. The van der Waals surface area contributed by atoms with E-state index < -0.39 is 0 Å². The van der Waals surface area contributed by atoms with Crippen LogP contribution in [0.3, 0.4) is 0 Å². The zero-order chi connectivity index (χ0) is 21.2. The molecule has 0 atom stereocenters. The Kier molecular flexibility index (Phi) is 5.48. The zero-order valence-corrected chi connectivity index (χ0v) is 18.6. The Bertz CT molecular complexity index is 1340. The third-order valence-corrected chi connectivity index (χ3v) is 6.91. The van der Waals surface area contributed by atoms with Gasteiger partial charge >= 0.3 is 0 Å². The number of nitrogens with zero attached hydrogens (tertiary/aromatic N) is 4. The van der Waals surface area contributed by atoms with Crippen molar-refractivity contribution in [3.05, 3.63) is 82.0 Å². The first-order chi connectivity index (χ1) is 15.2. The summed E-state index contributed by atoms with van der Waals surface area (Å²) in [5.41, 5.74) is 4.58. The number of para-hydroxylation sites is 2. The molecule has 0 aliphatic rings. The molecule has 0 fully saturated rings. The number of hydrogen-bond acceptors (Lipinski definition) is 5. The highest BCUT2D eigenvalue weighted by atomic mass is 32.2. The second-order valence-electron chi connectivity index (χ2n) is 7.32. The molecule has 8 heteroatoms. The number of hydrogen-bond donors (Lipinski definition) is 1. The standard InChI is InChI=1S/C23H21N5OS2/c1-16-8-10-17(11-9-16)14-27-19-6-2-3-7-20(19)28-22(27)25-26-23(28)31-15-21(29)24-13-18-5-4-12-30-18/h2-12H,13-15H2,1H3,(H,24,29). The van der Waals surface area contributed by atoms with Gasteiger partial charge in [0.1, 0.15) is 0 Å². The fourth-order valence-corrected chi connectivity index (χ4v) is 4.96. The summed E-state index contributed by atoms with van der Waals surface area (Å²) in [5.74, 6) is 1.06. The van der Waals surface area contributed by atoms with E-state index in [2.05, 4.69) is 63.4 Å². The Hall–Kier alpha value is -3.10. The molecule has 0 aliphatic carbocycles. The summed E-state index contributed by atoms with van der Waals surface area (Å²) < 4.78 is 4.22. The molecule has 6 nitrogen and oxygen atoms in total. The number of aryl methyl sites for hydroxylation is 1. The van der Waals surface area contributed by atoms with Gasteiger partial charge in [0.2, 0.25) is 11.7 Å². The predicted molar refractivity (Wildman–Crippen MR) is 126 cm³/mol. The van der Waals surface area contributed by atoms with Crippen LogP contribution in [0.25, 0.3) is 16.8 Å². The number of thioether (sulfide) groups is 1. The van der Waals surface area contributed by atoms with Gasteiger partial charge in [0, 0.05) is 4.88 Å². The molecule has 5 aromatic rings. The van der Waals surface area contributed by atoms with Crippen LogP contribution in [0.5, 0.6) is 0 Å². The summed E-state index contributed by atoms with van der Waals surface area (Å²) >= 11 is 3.04. The van der Waals surface area contributed by atoms with Crippen molar-refractivity contribution >= 4 is 45.8 Å². The molecule has 0 radical (unpaired) electrons. The molecule has 156 valence electrons. The zero-order valence-electron chi connectivity index (χ0n) is 17.0. The number of rotatable bonds is 7. The van der Waals surface area contributed by atoms with Crippen LogP contribution in [0.15, 0.2) is 71.2 Å². The van der Waals surface area contributed by atoms with Gasteiger partial charge in [-0.15, -0.1) is 21.5 Å². The smallest absolute Gasteiger partial charge is 0.237 e. The Morgan fingerprint density at radius 3 is 2.61 bits per heavy atom. The number of aromatic nitrogens is 4. The van der Waals surface area contributed by atoms with E-state index in [1.54, 1.807) is 11.3 Å². The summed E-state index contributed by atoms with van der Waals surface area (Å²) in [4.78, 5) is 13.5. The average Bonchev–Trinajstić information content (AvgIpc) is 3.51. The highest BCUT2D eigenvalue weighted by Crippen LogP contribution is 2.26. The predicted octanol–water partition coefficient (Wildman–Crippen LogP) is 4.51. The van der Waals surface area contributed by atoms with Crippen molar-refractivity contribution in [1.29, 1.82) is 0 Å². The van der Waals surface area contributed by atoms with E-state index in [9.17, 15) is 4.79 Å². The van der Waals surface area contributed by atoms with Crippen LogP contribution >= 0.6 is 23.1 Å². The number of imidazole rings is 1. The quantitative estimate of drug-likeness (QED) is 0.373. The molecular weight excluding hydrogens is 426 g/mol. The molecule has 0 saturated heterocycles. The third kappa shape index (κ3) is 4.08. The van der Waals surface area contributed by atoms with Gasteiger partial charge in [-0.25, -0.2) is 0 Å². The van der Waals surface area contributed by atoms with Gasteiger partial charge < -0.3 is 9.88 Å². The molecule has 31 heavy (non-hydrogen) atoms. The van der Waals surface area contributed by atoms with Crippen LogP contribution in [0.4, 0.5) is 0 Å². The van der Waals surface area contributed by atoms with Gasteiger partial charge in [-0.1, -0.05) is 59.8 Å². The maximum absolute atomic E-state index is 12.3. The summed E-state index contributed by atoms with van der Waals surface area (Å²) in [7, 11) is 0. The molecular formula is C23H21N5OS2. The number of fused-ring (bicyclic) bond motifs is 3. The fraction of sp³-hybridized carbons (Fsp3) is 0.174. The van der Waals surface area contributed by atoms with Gasteiger partial charge in [-0.05, 0) is 36.1 Å². The van der Waals surface area contributed by atoms with E-state index in [1.165, 1.54) is 22.9 Å². The number of carbonyl (C=O) groups excluding carboxylic acids is 1. The van der Waals surface area contributed by atoms with Crippen molar-refractivity contribution in [2.75, 3.05) is 5.75 Å². The highest BCUT2D eigenvalue weighted by molar-refractivity contribution is 7.99. The van der Waals surface area contributed by atoms with Crippen molar-refractivity contribution in [1.82, 2.24) is 24.5 Å². The molecule has 0 aliphatic heterocycles. The summed E-state index contributed by atoms with van der Waals surface area (Å²) in [6.07, 6.45) is 0. The fourth-order valence-electron chi connectivity index (χ4n) is 3.54. The highest BCUT2D eigenvalue weighted by Gasteiger charge is 2.18. The Labute approximate surface area is 187 Å². The maximum Gasteiger partial charge on any atom is 0.237 e. The molecule has 0 saturated carbocycles. The van der Waals surface area contributed by atoms with Gasteiger partial charge in [-0.3, -0.25) is 9.20 Å². The van der Waals surface area contributed by atoms with Gasteiger partial charge in [0.25, 0.3) is 0 Å². The number of nitrogens with one attached hydrogen (secondary N) is 1. The molecule has 0 unspecified atom stereocenters. The SMILES string of the molecule is Cc1ccc(Cn2c3ccccc3n3c(SCC(=O)NCc4cccs4)nnc23)cc1. The lowest BCUT2D eigenvalue weighted by atomic mass is 10.1. The van der Waals surface area contributed by atoms with Crippen molar-refractivity contribution in [3.8, 4) is 0 Å². The average molecular weight is 448 g/mol. The van der Waals surface area contributed by atoms with Crippen LogP contribution in [0, 0.1) is 6.92 Å². The van der Waals surface area contributed by atoms with Crippen LogP contribution in [-0.4, -0.2) is 30.8 Å². The lowest BCUT2D eigenvalue weighted by molar-refractivity contribution is -0.118. The van der Waals surface area contributed by atoms with Gasteiger partial charge in [0.15, 0.2) is 5.16 Å². The van der Waals surface area contributed by atoms with Crippen molar-refractivity contribution in [2.45, 2.75) is 25.2 Å². The Balaban J connectivity index is 1.40. The van der Waals surface area contributed by atoms with Crippen molar-refractivity contribution < 1.29 is 4.79 Å². The molecule has 0 bridgehead atoms. The number of carbonyl (C=O) groups is 1. The van der Waals surface area contributed by atoms with E-state index in [0.717, 1.165) is 26.8 Å². The largest absolute Gasteiger partial charge is 0.350 e. The van der Waals surface area contributed by atoms with E-state index >= 15 is 0 Å². The molecule has 3 aromatic heterocycles. The molecule has 2 aromatic carbocycles. The van der Waals surface area contributed by atoms with E-state index in [1.807, 2.05) is 34.0 Å². The maximum atomic E-state index is 12.3. The Morgan fingerprint density at radius 1 is 1.03 bits per heavy atom. The summed E-state index contributed by atoms with van der Waals surface area (Å²) in [6, 6.07) is 20.7. The van der Waals surface area contributed by atoms with E-state index in [4.69, 9.17) is 0 Å². The van der Waals surface area contributed by atoms with Crippen molar-refractivity contribution in [2.24, 2.45) is 0 Å².